The van der Waals surface area contributed by atoms with E-state index in [0.29, 0.717) is 12.0 Å². The van der Waals surface area contributed by atoms with Gasteiger partial charge in [0, 0.05) is 11.6 Å². The molecule has 0 aliphatic carbocycles. The Labute approximate surface area is 164 Å². The number of carbonyl (C=O) groups excluding carboxylic acids is 1. The number of nitrogens with zero attached hydrogens (tertiary/aromatic N) is 2. The van der Waals surface area contributed by atoms with E-state index < -0.39 is 0 Å². The highest BCUT2D eigenvalue weighted by Gasteiger charge is 2.28. The lowest BCUT2D eigenvalue weighted by atomic mass is 9.87. The van der Waals surface area contributed by atoms with Crippen LogP contribution in [-0.2, 0) is 4.79 Å². The summed E-state index contributed by atoms with van der Waals surface area (Å²) in [5.41, 5.74) is 1.13. The fourth-order valence-corrected chi connectivity index (χ4v) is 3.74. The van der Waals surface area contributed by atoms with E-state index in [0.717, 1.165) is 32.4 Å². The molecular weight excluding hydrogens is 334 g/mol. The first-order chi connectivity index (χ1) is 12.8. The van der Waals surface area contributed by atoms with Gasteiger partial charge in [0.2, 0.25) is 0 Å². The number of piperidine rings is 1. The zero-order valence-corrected chi connectivity index (χ0v) is 17.3. The lowest BCUT2D eigenvalue weighted by Crippen LogP contribution is -2.42. The molecule has 1 saturated heterocycles. The Kier molecular flexibility index (Phi) is 7.78. The highest BCUT2D eigenvalue weighted by atomic mass is 16.1. The third-order valence-corrected chi connectivity index (χ3v) is 5.24. The van der Waals surface area contributed by atoms with Gasteiger partial charge in [-0.1, -0.05) is 36.4 Å². The van der Waals surface area contributed by atoms with Crippen molar-refractivity contribution in [1.82, 2.24) is 10.2 Å². The summed E-state index contributed by atoms with van der Waals surface area (Å²) in [6, 6.07) is 11.3. The molecule has 1 fully saturated rings. The molecule has 0 saturated carbocycles. The van der Waals surface area contributed by atoms with E-state index in [9.17, 15) is 4.79 Å². The Morgan fingerprint density at radius 2 is 1.93 bits per heavy atom. The number of hydrogen-bond acceptors (Lipinski definition) is 3. The molecule has 0 radical (unpaired) electrons. The van der Waals surface area contributed by atoms with Crippen LogP contribution in [0.25, 0.3) is 0 Å². The summed E-state index contributed by atoms with van der Waals surface area (Å²) in [5.74, 6) is 0.382. The zero-order valence-electron chi connectivity index (χ0n) is 17.3. The number of aliphatic imine (C=N–C) groups is 1. The summed E-state index contributed by atoms with van der Waals surface area (Å²) in [7, 11) is 0. The van der Waals surface area contributed by atoms with E-state index in [1.165, 1.54) is 11.8 Å². The molecule has 2 unspecified atom stereocenters. The molecule has 2 atom stereocenters. The van der Waals surface area contributed by atoms with Gasteiger partial charge < -0.3 is 5.32 Å². The molecule has 27 heavy (non-hydrogen) atoms. The summed E-state index contributed by atoms with van der Waals surface area (Å²) in [6.07, 6.45) is 6.42. The van der Waals surface area contributed by atoms with E-state index in [2.05, 4.69) is 59.0 Å². The largest absolute Gasteiger partial charge is 0.347 e. The van der Waals surface area contributed by atoms with Gasteiger partial charge in [0.15, 0.2) is 0 Å². The lowest BCUT2D eigenvalue weighted by Gasteiger charge is -2.38. The van der Waals surface area contributed by atoms with E-state index in [1.807, 2.05) is 26.8 Å². The van der Waals surface area contributed by atoms with Gasteiger partial charge in [0.1, 0.15) is 0 Å². The van der Waals surface area contributed by atoms with Crippen molar-refractivity contribution in [2.75, 3.05) is 13.1 Å². The van der Waals surface area contributed by atoms with E-state index in [-0.39, 0.29) is 17.5 Å². The SMILES string of the molecule is C=CCC(N=CC(=O)NC(C)(C)C)C1CCN(C(C)c2ccccc2)CC1. The highest BCUT2D eigenvalue weighted by molar-refractivity contribution is 6.26. The molecule has 4 heteroatoms. The Morgan fingerprint density at radius 3 is 2.48 bits per heavy atom. The number of nitrogens with one attached hydrogen (secondary N) is 1. The molecule has 0 aromatic heterocycles. The maximum absolute atomic E-state index is 12.1. The van der Waals surface area contributed by atoms with Crippen molar-refractivity contribution >= 4 is 12.1 Å². The first-order valence-electron chi connectivity index (χ1n) is 10.1. The maximum Gasteiger partial charge on any atom is 0.262 e. The predicted molar refractivity (Wildman–Crippen MR) is 114 cm³/mol. The third kappa shape index (κ3) is 6.94. The molecule has 1 N–H and O–H groups in total. The summed E-state index contributed by atoms with van der Waals surface area (Å²) in [5, 5.41) is 2.94. The van der Waals surface area contributed by atoms with Crippen LogP contribution in [0.2, 0.25) is 0 Å². The Balaban J connectivity index is 1.92. The van der Waals surface area contributed by atoms with Gasteiger partial charge >= 0.3 is 0 Å². The third-order valence-electron chi connectivity index (χ3n) is 5.24. The summed E-state index contributed by atoms with van der Waals surface area (Å²) in [6.45, 7) is 14.2. The molecule has 1 aliphatic rings. The van der Waals surface area contributed by atoms with Gasteiger partial charge in [-0.3, -0.25) is 14.7 Å². The first-order valence-corrected chi connectivity index (χ1v) is 10.1. The van der Waals surface area contributed by atoms with E-state index in [1.54, 1.807) is 0 Å². The second-order valence-electron chi connectivity index (χ2n) is 8.57. The maximum atomic E-state index is 12.1. The number of amides is 1. The Hall–Kier alpha value is -1.94. The molecule has 1 heterocycles. The van der Waals surface area contributed by atoms with Crippen molar-refractivity contribution in [2.45, 2.75) is 64.6 Å². The summed E-state index contributed by atoms with van der Waals surface area (Å²) < 4.78 is 0. The molecule has 0 spiro atoms. The van der Waals surface area contributed by atoms with Gasteiger partial charge in [-0.15, -0.1) is 6.58 Å². The van der Waals surface area contributed by atoms with Gasteiger partial charge in [-0.05, 0) is 71.5 Å². The average molecular weight is 370 g/mol. The zero-order chi connectivity index (χ0) is 19.9. The minimum atomic E-state index is -0.240. The smallest absolute Gasteiger partial charge is 0.262 e. The van der Waals surface area contributed by atoms with Gasteiger partial charge in [0.25, 0.3) is 5.91 Å². The molecule has 4 nitrogen and oxygen atoms in total. The van der Waals surface area contributed by atoms with Crippen LogP contribution < -0.4 is 5.32 Å². The van der Waals surface area contributed by atoms with Crippen LogP contribution in [0, 0.1) is 5.92 Å². The molecule has 148 valence electrons. The average Bonchev–Trinajstić information content (AvgIpc) is 2.64. The molecule has 1 aromatic rings. The minimum absolute atomic E-state index is 0.119. The topological polar surface area (TPSA) is 44.7 Å². The number of likely N-dealkylation sites (tertiary alicyclic amines) is 1. The first kappa shape index (κ1) is 21.4. The van der Waals surface area contributed by atoms with Gasteiger partial charge in [0.05, 0.1) is 12.3 Å². The van der Waals surface area contributed by atoms with Crippen molar-refractivity contribution in [1.29, 1.82) is 0 Å². The van der Waals surface area contributed by atoms with Crippen LogP contribution in [0.1, 0.15) is 58.6 Å². The lowest BCUT2D eigenvalue weighted by molar-refractivity contribution is -0.115. The van der Waals surface area contributed by atoms with Crippen LogP contribution in [0.15, 0.2) is 48.0 Å². The number of benzene rings is 1. The van der Waals surface area contributed by atoms with Crippen LogP contribution >= 0.6 is 0 Å². The van der Waals surface area contributed by atoms with Crippen molar-refractivity contribution in [3.8, 4) is 0 Å². The summed E-state index contributed by atoms with van der Waals surface area (Å²) >= 11 is 0. The molecule has 1 aromatic carbocycles. The fourth-order valence-electron chi connectivity index (χ4n) is 3.74. The van der Waals surface area contributed by atoms with E-state index >= 15 is 0 Å². The van der Waals surface area contributed by atoms with Crippen molar-refractivity contribution in [2.24, 2.45) is 10.9 Å². The summed E-state index contributed by atoms with van der Waals surface area (Å²) in [4.78, 5) is 19.2. The van der Waals surface area contributed by atoms with Crippen LogP contribution in [-0.4, -0.2) is 41.7 Å². The molecule has 1 aliphatic heterocycles. The molecule has 2 rings (SSSR count). The Bertz CT molecular complexity index is 625. The quantitative estimate of drug-likeness (QED) is 0.572. The monoisotopic (exact) mass is 369 g/mol. The van der Waals surface area contributed by atoms with Crippen LogP contribution in [0.5, 0.6) is 0 Å². The molecule has 1 amide bonds. The predicted octanol–water partition coefficient (Wildman–Crippen LogP) is 4.39. The molecular formula is C23H35N3O. The normalized spacial score (nSPS) is 19.0. The Morgan fingerprint density at radius 1 is 1.30 bits per heavy atom. The van der Waals surface area contributed by atoms with Gasteiger partial charge in [-0.2, -0.15) is 0 Å². The number of hydrogen-bond donors (Lipinski definition) is 1. The van der Waals surface area contributed by atoms with Gasteiger partial charge in [-0.25, -0.2) is 0 Å². The highest BCUT2D eigenvalue weighted by Crippen LogP contribution is 2.30. The second-order valence-corrected chi connectivity index (χ2v) is 8.57. The second kappa shape index (κ2) is 9.84. The number of rotatable bonds is 7. The minimum Gasteiger partial charge on any atom is -0.347 e. The fraction of sp³-hybridized carbons (Fsp3) is 0.565. The van der Waals surface area contributed by atoms with E-state index in [4.69, 9.17) is 0 Å². The van der Waals surface area contributed by atoms with Crippen LogP contribution in [0.4, 0.5) is 0 Å². The van der Waals surface area contributed by atoms with Crippen molar-refractivity contribution < 1.29 is 4.79 Å². The van der Waals surface area contributed by atoms with Crippen LogP contribution in [0.3, 0.4) is 0 Å². The molecule has 0 bridgehead atoms. The standard InChI is InChI=1S/C23H35N3O/c1-6-10-21(24-17-22(27)25-23(3,4)5)20-13-15-26(16-14-20)18(2)19-11-8-7-9-12-19/h6-9,11-12,17-18,20-21H,1,10,13-16H2,2-5H3,(H,25,27). The number of carbonyl (C=O) groups is 1. The van der Waals surface area contributed by atoms with Crippen molar-refractivity contribution in [3.63, 3.8) is 0 Å². The van der Waals surface area contributed by atoms with Crippen molar-refractivity contribution in [3.05, 3.63) is 48.6 Å².